The Morgan fingerprint density at radius 1 is 1.29 bits per heavy atom. The van der Waals surface area contributed by atoms with Crippen LogP contribution in [0, 0.1) is 0 Å². The first-order valence-electron chi connectivity index (χ1n) is 3.89. The van der Waals surface area contributed by atoms with Gasteiger partial charge in [0.25, 0.3) is 0 Å². The van der Waals surface area contributed by atoms with Gasteiger partial charge in [-0.3, -0.25) is 4.98 Å². The van der Waals surface area contributed by atoms with E-state index in [1.807, 2.05) is 0 Å². The summed E-state index contributed by atoms with van der Waals surface area (Å²) in [6, 6.07) is 3.56. The molecule has 1 aromatic carbocycles. The minimum absolute atomic E-state index is 0.478. The van der Waals surface area contributed by atoms with Gasteiger partial charge in [-0.05, 0) is 28.1 Å². The summed E-state index contributed by atoms with van der Waals surface area (Å²) in [4.78, 5) is 4.17. The number of halogens is 2. The van der Waals surface area contributed by atoms with Crippen LogP contribution in [0.25, 0.3) is 10.9 Å². The van der Waals surface area contributed by atoms with Crippen molar-refractivity contribution in [3.63, 3.8) is 0 Å². The topological polar surface area (TPSA) is 64.9 Å². The summed E-state index contributed by atoms with van der Waals surface area (Å²) in [7, 11) is 0. The molecule has 4 N–H and O–H groups in total. The molecular weight excluding hydrogens is 265 g/mol. The average Bonchev–Trinajstić information content (AvgIpc) is 2.17. The molecule has 2 aromatic rings. The number of nitrogens with two attached hydrogens (primary N) is 2. The van der Waals surface area contributed by atoms with Crippen molar-refractivity contribution < 1.29 is 0 Å². The third kappa shape index (κ3) is 1.31. The van der Waals surface area contributed by atoms with Gasteiger partial charge in [-0.1, -0.05) is 11.6 Å². The van der Waals surface area contributed by atoms with Crippen LogP contribution in [-0.2, 0) is 0 Å². The van der Waals surface area contributed by atoms with Crippen molar-refractivity contribution in [1.82, 2.24) is 4.98 Å². The third-order valence-corrected chi connectivity index (χ3v) is 3.35. The molecule has 0 aliphatic heterocycles. The van der Waals surface area contributed by atoms with Crippen LogP contribution in [0.15, 0.2) is 22.8 Å². The highest BCUT2D eigenvalue weighted by Crippen LogP contribution is 2.33. The van der Waals surface area contributed by atoms with E-state index < -0.39 is 0 Å². The van der Waals surface area contributed by atoms with Gasteiger partial charge in [-0.2, -0.15) is 0 Å². The molecule has 0 radical (unpaired) electrons. The Labute approximate surface area is 94.2 Å². The molecule has 1 aromatic heterocycles. The Morgan fingerprint density at radius 2 is 2.00 bits per heavy atom. The van der Waals surface area contributed by atoms with Crippen LogP contribution in [0.2, 0.25) is 5.02 Å². The highest BCUT2D eigenvalue weighted by molar-refractivity contribution is 9.10. The summed E-state index contributed by atoms with van der Waals surface area (Å²) in [5, 5.41) is 1.41. The molecule has 2 rings (SSSR count). The molecule has 0 fully saturated rings. The smallest absolute Gasteiger partial charge is 0.0881 e. The molecule has 5 heteroatoms. The predicted octanol–water partition coefficient (Wildman–Crippen LogP) is 2.82. The molecule has 0 unspecified atom stereocenters. The largest absolute Gasteiger partial charge is 0.396 e. The molecule has 0 aliphatic carbocycles. The molecular formula is C9H7BrClN3. The number of anilines is 2. The van der Waals surface area contributed by atoms with Gasteiger partial charge in [-0.25, -0.2) is 0 Å². The van der Waals surface area contributed by atoms with Crippen LogP contribution in [0.5, 0.6) is 0 Å². The summed E-state index contributed by atoms with van der Waals surface area (Å²) >= 11 is 9.27. The average molecular weight is 273 g/mol. The van der Waals surface area contributed by atoms with Gasteiger partial charge in [0.15, 0.2) is 0 Å². The monoisotopic (exact) mass is 271 g/mol. The summed E-state index contributed by atoms with van der Waals surface area (Å²) in [5.74, 6) is 0. The highest BCUT2D eigenvalue weighted by atomic mass is 79.9. The second-order valence-electron chi connectivity index (χ2n) is 2.88. The molecule has 72 valence electrons. The number of hydrogen-bond donors (Lipinski definition) is 2. The lowest BCUT2D eigenvalue weighted by Crippen LogP contribution is -1.97. The van der Waals surface area contributed by atoms with Gasteiger partial charge in [0.05, 0.1) is 32.6 Å². The van der Waals surface area contributed by atoms with Crippen molar-refractivity contribution in [3.8, 4) is 0 Å². The molecule has 0 amide bonds. The Bertz CT molecular complexity index is 466. The van der Waals surface area contributed by atoms with Gasteiger partial charge >= 0.3 is 0 Å². The highest BCUT2D eigenvalue weighted by Gasteiger charge is 2.08. The number of aromatic nitrogens is 1. The summed E-state index contributed by atoms with van der Waals surface area (Å²) in [5.41, 5.74) is 13.2. The van der Waals surface area contributed by atoms with Gasteiger partial charge in [0, 0.05) is 5.39 Å². The van der Waals surface area contributed by atoms with E-state index in [0.29, 0.717) is 16.4 Å². The Balaban J connectivity index is 2.94. The van der Waals surface area contributed by atoms with E-state index in [9.17, 15) is 0 Å². The predicted molar refractivity (Wildman–Crippen MR) is 63.3 cm³/mol. The van der Waals surface area contributed by atoms with Crippen LogP contribution in [-0.4, -0.2) is 4.98 Å². The first-order chi connectivity index (χ1) is 6.61. The maximum Gasteiger partial charge on any atom is 0.0881 e. The molecule has 0 saturated carbocycles. The second kappa shape index (κ2) is 3.29. The number of hydrogen-bond acceptors (Lipinski definition) is 3. The van der Waals surface area contributed by atoms with E-state index in [4.69, 9.17) is 23.1 Å². The zero-order chi connectivity index (χ0) is 10.3. The van der Waals surface area contributed by atoms with Gasteiger partial charge in [0.1, 0.15) is 0 Å². The maximum absolute atomic E-state index is 5.92. The lowest BCUT2D eigenvalue weighted by Gasteiger charge is -2.06. The SMILES string of the molecule is Nc1cnc2c(Br)c(Cl)ccc2c1N. The fraction of sp³-hybridized carbons (Fsp3) is 0. The molecule has 3 nitrogen and oxygen atoms in total. The molecule has 0 bridgehead atoms. The van der Waals surface area contributed by atoms with Gasteiger partial charge < -0.3 is 11.5 Å². The van der Waals surface area contributed by atoms with Gasteiger partial charge in [0.2, 0.25) is 0 Å². The van der Waals surface area contributed by atoms with Crippen LogP contribution >= 0.6 is 27.5 Å². The number of pyridine rings is 1. The lowest BCUT2D eigenvalue weighted by atomic mass is 10.2. The Hall–Kier alpha value is -1.00. The van der Waals surface area contributed by atoms with Crippen molar-refractivity contribution in [2.24, 2.45) is 0 Å². The quantitative estimate of drug-likeness (QED) is 0.775. The zero-order valence-electron chi connectivity index (χ0n) is 7.09. The summed E-state index contributed by atoms with van der Waals surface area (Å²) in [6.45, 7) is 0. The number of nitrogen functional groups attached to an aromatic ring is 2. The number of nitrogens with zero attached hydrogens (tertiary/aromatic N) is 1. The molecule has 14 heavy (non-hydrogen) atoms. The minimum atomic E-state index is 0.478. The Kier molecular flexibility index (Phi) is 2.25. The number of fused-ring (bicyclic) bond motifs is 1. The van der Waals surface area contributed by atoms with Crippen molar-refractivity contribution in [1.29, 1.82) is 0 Å². The van der Waals surface area contributed by atoms with E-state index in [2.05, 4.69) is 20.9 Å². The van der Waals surface area contributed by atoms with E-state index >= 15 is 0 Å². The van der Waals surface area contributed by atoms with Crippen LogP contribution < -0.4 is 11.5 Å². The lowest BCUT2D eigenvalue weighted by molar-refractivity contribution is 1.40. The molecule has 0 aliphatic rings. The first kappa shape index (κ1) is 9.55. The standard InChI is InChI=1S/C9H7BrClN3/c10-7-5(11)2-1-4-8(13)6(12)3-14-9(4)7/h1-3H,12H2,(H2,13,14). The molecule has 0 spiro atoms. The van der Waals surface area contributed by atoms with Crippen molar-refractivity contribution >= 4 is 49.8 Å². The van der Waals surface area contributed by atoms with Crippen molar-refractivity contribution in [2.75, 3.05) is 11.5 Å². The Morgan fingerprint density at radius 3 is 2.71 bits per heavy atom. The fourth-order valence-corrected chi connectivity index (χ4v) is 1.84. The third-order valence-electron chi connectivity index (χ3n) is 2.00. The van der Waals surface area contributed by atoms with E-state index in [1.165, 1.54) is 6.20 Å². The first-order valence-corrected chi connectivity index (χ1v) is 5.06. The fourth-order valence-electron chi connectivity index (χ4n) is 1.24. The minimum Gasteiger partial charge on any atom is -0.396 e. The second-order valence-corrected chi connectivity index (χ2v) is 4.08. The molecule has 0 saturated heterocycles. The zero-order valence-corrected chi connectivity index (χ0v) is 9.43. The van der Waals surface area contributed by atoms with Gasteiger partial charge in [-0.15, -0.1) is 0 Å². The van der Waals surface area contributed by atoms with E-state index in [1.54, 1.807) is 12.1 Å². The van der Waals surface area contributed by atoms with Crippen LogP contribution in [0.4, 0.5) is 11.4 Å². The maximum atomic E-state index is 5.92. The van der Waals surface area contributed by atoms with Crippen LogP contribution in [0.3, 0.4) is 0 Å². The van der Waals surface area contributed by atoms with E-state index in [0.717, 1.165) is 15.4 Å². The normalized spacial score (nSPS) is 10.7. The van der Waals surface area contributed by atoms with Crippen LogP contribution in [0.1, 0.15) is 0 Å². The summed E-state index contributed by atoms with van der Waals surface area (Å²) < 4.78 is 0.739. The van der Waals surface area contributed by atoms with E-state index in [-0.39, 0.29) is 0 Å². The van der Waals surface area contributed by atoms with Crippen molar-refractivity contribution in [2.45, 2.75) is 0 Å². The summed E-state index contributed by atoms with van der Waals surface area (Å²) in [6.07, 6.45) is 1.53. The number of rotatable bonds is 0. The number of benzene rings is 1. The van der Waals surface area contributed by atoms with Crippen molar-refractivity contribution in [3.05, 3.63) is 27.8 Å². The molecule has 1 heterocycles. The molecule has 0 atom stereocenters.